The largest absolute Gasteiger partial charge is 0.457 e. The summed E-state index contributed by atoms with van der Waals surface area (Å²) in [6, 6.07) is 16.3. The van der Waals surface area contributed by atoms with Gasteiger partial charge in [-0.05, 0) is 77.7 Å². The molecule has 0 unspecified atom stereocenters. The van der Waals surface area contributed by atoms with Crippen LogP contribution >= 0.6 is 34.8 Å². The van der Waals surface area contributed by atoms with Crippen molar-refractivity contribution in [2.75, 3.05) is 11.9 Å². The Balaban J connectivity index is 1.30. The Hall–Kier alpha value is -3.35. The number of carbonyl (C=O) groups excluding carboxylic acids is 1. The average molecular weight is 688 g/mol. The Labute approximate surface area is 265 Å². The standard InChI is InChI=1S/C30H21Cl3F4N2O4S/c31-19-13-20(32)15-22(14-19)43-21-5-7-23(8-6-21)44(41,42)39-11-10-24-18(16-39)4-9-26(33)29(24)38-27(40)12-17-2-1-3-25(28(17)34)30(35,36)37/h1-9,13-15H,10-12,16H2,(H,38,40). The number of halogens is 7. The molecule has 4 aromatic carbocycles. The Morgan fingerprint density at radius 2 is 1.61 bits per heavy atom. The fraction of sp³-hybridized carbons (Fsp3) is 0.167. The quantitative estimate of drug-likeness (QED) is 0.198. The highest BCUT2D eigenvalue weighted by molar-refractivity contribution is 7.89. The number of ether oxygens (including phenoxy) is 1. The summed E-state index contributed by atoms with van der Waals surface area (Å²) in [7, 11) is -3.93. The van der Waals surface area contributed by atoms with E-state index >= 15 is 0 Å². The molecular weight excluding hydrogens is 667 g/mol. The number of carbonyl (C=O) groups is 1. The highest BCUT2D eigenvalue weighted by Gasteiger charge is 2.35. The molecule has 0 saturated carbocycles. The summed E-state index contributed by atoms with van der Waals surface area (Å²) in [4.78, 5) is 12.8. The van der Waals surface area contributed by atoms with Crippen molar-refractivity contribution in [2.24, 2.45) is 0 Å². The number of hydrogen-bond donors (Lipinski definition) is 1. The summed E-state index contributed by atoms with van der Waals surface area (Å²) in [5, 5.41) is 3.48. The molecule has 5 rings (SSSR count). The first-order valence-corrected chi connectivity index (χ1v) is 15.5. The number of sulfonamides is 1. The molecule has 0 bridgehead atoms. The van der Waals surface area contributed by atoms with Crippen LogP contribution in [0.5, 0.6) is 11.5 Å². The lowest BCUT2D eigenvalue weighted by Gasteiger charge is -2.30. The van der Waals surface area contributed by atoms with Gasteiger partial charge in [-0.3, -0.25) is 4.79 Å². The lowest BCUT2D eigenvalue weighted by Crippen LogP contribution is -2.36. The molecule has 14 heteroatoms. The molecular formula is C30H21Cl3F4N2O4S. The van der Waals surface area contributed by atoms with Crippen molar-refractivity contribution in [1.82, 2.24) is 4.31 Å². The predicted octanol–water partition coefficient (Wildman–Crippen LogP) is 8.53. The fourth-order valence-corrected chi connectivity index (χ4v) is 6.94. The number of rotatable bonds is 7. The third-order valence-corrected chi connectivity index (χ3v) is 9.46. The second kappa shape index (κ2) is 12.6. The van der Waals surface area contributed by atoms with Crippen LogP contribution in [0.4, 0.5) is 23.2 Å². The van der Waals surface area contributed by atoms with Crippen molar-refractivity contribution >= 4 is 56.4 Å². The first-order chi connectivity index (χ1) is 20.7. The van der Waals surface area contributed by atoms with Crippen LogP contribution < -0.4 is 10.1 Å². The zero-order valence-electron chi connectivity index (χ0n) is 22.4. The summed E-state index contributed by atoms with van der Waals surface area (Å²) < 4.78 is 87.6. The Morgan fingerprint density at radius 3 is 2.27 bits per heavy atom. The highest BCUT2D eigenvalue weighted by Crippen LogP contribution is 2.36. The molecule has 0 radical (unpaired) electrons. The van der Waals surface area contributed by atoms with Gasteiger partial charge in [0, 0.05) is 23.1 Å². The molecule has 1 heterocycles. The van der Waals surface area contributed by atoms with Gasteiger partial charge in [0.15, 0.2) is 0 Å². The monoisotopic (exact) mass is 686 g/mol. The Kier molecular flexibility index (Phi) is 9.16. The summed E-state index contributed by atoms with van der Waals surface area (Å²) in [6.45, 7) is 0.0271. The van der Waals surface area contributed by atoms with Gasteiger partial charge in [0.05, 0.1) is 27.6 Å². The minimum absolute atomic E-state index is 0.0285. The molecule has 0 aromatic heterocycles. The van der Waals surface area contributed by atoms with E-state index in [2.05, 4.69) is 5.32 Å². The zero-order chi connectivity index (χ0) is 31.8. The van der Waals surface area contributed by atoms with Crippen molar-refractivity contribution < 1.29 is 35.5 Å². The molecule has 0 atom stereocenters. The molecule has 0 saturated heterocycles. The average Bonchev–Trinajstić information content (AvgIpc) is 2.94. The molecule has 1 aliphatic rings. The maximum absolute atomic E-state index is 14.5. The minimum Gasteiger partial charge on any atom is -0.457 e. The van der Waals surface area contributed by atoms with E-state index in [1.54, 1.807) is 24.3 Å². The van der Waals surface area contributed by atoms with E-state index in [1.807, 2.05) is 0 Å². The maximum atomic E-state index is 14.5. The van der Waals surface area contributed by atoms with Gasteiger partial charge in [0.2, 0.25) is 15.9 Å². The second-order valence-corrected chi connectivity index (χ2v) is 13.0. The summed E-state index contributed by atoms with van der Waals surface area (Å²) >= 11 is 18.3. The summed E-state index contributed by atoms with van der Waals surface area (Å²) in [5.41, 5.74) is -0.551. The van der Waals surface area contributed by atoms with Gasteiger partial charge < -0.3 is 10.1 Å². The van der Waals surface area contributed by atoms with Crippen molar-refractivity contribution in [3.05, 3.63) is 116 Å². The van der Waals surface area contributed by atoms with Crippen LogP contribution in [0.3, 0.4) is 0 Å². The lowest BCUT2D eigenvalue weighted by molar-refractivity contribution is -0.140. The second-order valence-electron chi connectivity index (χ2n) is 9.83. The number of anilines is 1. The molecule has 6 nitrogen and oxygen atoms in total. The number of hydrogen-bond acceptors (Lipinski definition) is 4. The van der Waals surface area contributed by atoms with Crippen LogP contribution in [0.1, 0.15) is 22.3 Å². The minimum atomic E-state index is -4.91. The summed E-state index contributed by atoms with van der Waals surface area (Å²) in [5.74, 6) is -1.56. The van der Waals surface area contributed by atoms with Crippen molar-refractivity contribution in [3.8, 4) is 11.5 Å². The van der Waals surface area contributed by atoms with E-state index in [0.717, 1.165) is 12.1 Å². The van der Waals surface area contributed by atoms with Crippen LogP contribution in [0.2, 0.25) is 15.1 Å². The van der Waals surface area contributed by atoms with Gasteiger partial charge in [-0.25, -0.2) is 12.8 Å². The van der Waals surface area contributed by atoms with Crippen molar-refractivity contribution in [3.63, 3.8) is 0 Å². The predicted molar refractivity (Wildman–Crippen MR) is 159 cm³/mol. The van der Waals surface area contributed by atoms with Gasteiger partial charge in [-0.1, -0.05) is 53.0 Å². The van der Waals surface area contributed by atoms with Crippen LogP contribution in [0.15, 0.2) is 77.7 Å². The number of alkyl halides is 3. The van der Waals surface area contributed by atoms with Gasteiger partial charge in [-0.2, -0.15) is 17.5 Å². The topological polar surface area (TPSA) is 75.7 Å². The van der Waals surface area contributed by atoms with E-state index in [-0.39, 0.29) is 35.1 Å². The van der Waals surface area contributed by atoms with Gasteiger partial charge in [0.1, 0.15) is 17.3 Å². The molecule has 1 N–H and O–H groups in total. The van der Waals surface area contributed by atoms with E-state index in [9.17, 15) is 30.8 Å². The smallest absolute Gasteiger partial charge is 0.419 e. The third-order valence-electron chi connectivity index (χ3n) is 6.85. The Morgan fingerprint density at radius 1 is 0.932 bits per heavy atom. The maximum Gasteiger partial charge on any atom is 0.419 e. The molecule has 0 fully saturated rings. The normalized spacial score (nSPS) is 13.8. The van der Waals surface area contributed by atoms with Gasteiger partial charge in [-0.15, -0.1) is 0 Å². The van der Waals surface area contributed by atoms with Crippen molar-refractivity contribution in [2.45, 2.75) is 30.5 Å². The molecule has 44 heavy (non-hydrogen) atoms. The van der Waals surface area contributed by atoms with Crippen LogP contribution in [0, 0.1) is 5.82 Å². The van der Waals surface area contributed by atoms with Crippen LogP contribution in [0.25, 0.3) is 0 Å². The van der Waals surface area contributed by atoms with E-state index < -0.39 is 45.5 Å². The lowest BCUT2D eigenvalue weighted by atomic mass is 9.98. The Bertz CT molecular complexity index is 1830. The van der Waals surface area contributed by atoms with Crippen LogP contribution in [-0.2, 0) is 40.4 Å². The summed E-state index contributed by atoms with van der Waals surface area (Å²) in [6.07, 6.45) is -5.40. The van der Waals surface area contributed by atoms with E-state index in [4.69, 9.17) is 39.5 Å². The molecule has 0 spiro atoms. The van der Waals surface area contributed by atoms with Gasteiger partial charge in [0.25, 0.3) is 0 Å². The molecule has 0 aliphatic carbocycles. The first kappa shape index (κ1) is 32.1. The van der Waals surface area contributed by atoms with Crippen molar-refractivity contribution in [1.29, 1.82) is 0 Å². The van der Waals surface area contributed by atoms with E-state index in [1.165, 1.54) is 34.6 Å². The van der Waals surface area contributed by atoms with Gasteiger partial charge >= 0.3 is 6.18 Å². The SMILES string of the molecule is O=C(Cc1cccc(C(F)(F)F)c1F)Nc1c(Cl)ccc2c1CCN(S(=O)(=O)c1ccc(Oc3cc(Cl)cc(Cl)c3)cc1)C2. The fourth-order valence-electron chi connectivity index (χ4n) is 4.79. The molecule has 1 amide bonds. The number of benzene rings is 4. The third kappa shape index (κ3) is 6.97. The molecule has 4 aromatic rings. The van der Waals surface area contributed by atoms with E-state index in [0.29, 0.717) is 38.7 Å². The number of fused-ring (bicyclic) bond motifs is 1. The number of nitrogens with zero attached hydrogens (tertiary/aromatic N) is 1. The molecule has 1 aliphatic heterocycles. The zero-order valence-corrected chi connectivity index (χ0v) is 25.5. The number of nitrogens with one attached hydrogen (secondary N) is 1. The number of amides is 1. The molecule has 230 valence electrons. The highest BCUT2D eigenvalue weighted by atomic mass is 35.5. The first-order valence-electron chi connectivity index (χ1n) is 12.9. The van der Waals surface area contributed by atoms with Crippen LogP contribution in [-0.4, -0.2) is 25.2 Å².